The minimum absolute atomic E-state index is 0.602. The maximum atomic E-state index is 8.28. The third-order valence-corrected chi connectivity index (χ3v) is 8.97. The van der Waals surface area contributed by atoms with E-state index in [1.165, 1.54) is 22.3 Å². The van der Waals surface area contributed by atoms with Crippen LogP contribution in [0.2, 0.25) is 10.0 Å². The predicted octanol–water partition coefficient (Wildman–Crippen LogP) is 10.4. The maximum absolute atomic E-state index is 8.28. The first kappa shape index (κ1) is 29.2. The fourth-order valence-electron chi connectivity index (χ4n) is 4.05. The van der Waals surface area contributed by atoms with Gasteiger partial charge in [0, 0.05) is 14.5 Å². The molecule has 2 nitrogen and oxygen atoms in total. The minimum Gasteiger partial charge on any atom is -0.537 e. The second-order valence-corrected chi connectivity index (χ2v) is 11.6. The average Bonchev–Trinajstić information content (AvgIpc) is 3.60. The minimum atomic E-state index is 0.602. The molecular formula is C30H21BBr3Cl2O2. The molecule has 0 unspecified atom stereocenters. The predicted molar refractivity (Wildman–Crippen MR) is 172 cm³/mol. The number of benzene rings is 4. The van der Waals surface area contributed by atoms with Gasteiger partial charge in [-0.25, -0.2) is 0 Å². The van der Waals surface area contributed by atoms with Gasteiger partial charge in [-0.15, -0.1) is 0 Å². The summed E-state index contributed by atoms with van der Waals surface area (Å²) in [5.74, 6) is 0.602. The molecule has 38 heavy (non-hydrogen) atoms. The van der Waals surface area contributed by atoms with Crippen LogP contribution in [0.1, 0.15) is 22.3 Å². The van der Waals surface area contributed by atoms with E-state index in [0.717, 1.165) is 47.4 Å². The number of hydrogen-bond donors (Lipinski definition) is 1. The van der Waals surface area contributed by atoms with Crippen molar-refractivity contribution in [2.45, 2.75) is 12.8 Å². The van der Waals surface area contributed by atoms with Crippen LogP contribution in [0.3, 0.4) is 0 Å². The van der Waals surface area contributed by atoms with Crippen molar-refractivity contribution in [1.82, 2.24) is 0 Å². The first-order valence-electron chi connectivity index (χ1n) is 11.6. The first-order chi connectivity index (χ1) is 18.4. The van der Waals surface area contributed by atoms with Gasteiger partial charge in [-0.05, 0) is 96.8 Å². The van der Waals surface area contributed by atoms with E-state index in [1.54, 1.807) is 6.07 Å². The van der Waals surface area contributed by atoms with E-state index >= 15 is 0 Å². The highest BCUT2D eigenvalue weighted by atomic mass is 79.9. The summed E-state index contributed by atoms with van der Waals surface area (Å²) in [4.78, 5) is 0. The lowest BCUT2D eigenvalue weighted by Gasteiger charge is -2.10. The largest absolute Gasteiger partial charge is 0.569 e. The molecule has 0 saturated heterocycles. The molecule has 0 amide bonds. The van der Waals surface area contributed by atoms with Crippen LogP contribution >= 0.6 is 71.0 Å². The van der Waals surface area contributed by atoms with Crippen LogP contribution in [0.15, 0.2) is 98.4 Å². The van der Waals surface area contributed by atoms with Crippen molar-refractivity contribution in [3.05, 3.63) is 131 Å². The maximum Gasteiger partial charge on any atom is 0.569 e. The zero-order valence-electron chi connectivity index (χ0n) is 20.0. The number of rotatable bonds is 3. The molecule has 4 aromatic carbocycles. The van der Waals surface area contributed by atoms with Crippen LogP contribution in [0, 0.1) is 0 Å². The van der Waals surface area contributed by atoms with E-state index in [9.17, 15) is 0 Å². The lowest BCUT2D eigenvalue weighted by Crippen LogP contribution is -1.99. The molecule has 0 aliphatic heterocycles. The summed E-state index contributed by atoms with van der Waals surface area (Å²) in [7, 11) is 0.653. The molecule has 2 aliphatic rings. The van der Waals surface area contributed by atoms with Gasteiger partial charge in [0.25, 0.3) is 0 Å². The Labute approximate surface area is 259 Å². The Hall–Kier alpha value is -1.80. The highest BCUT2D eigenvalue weighted by molar-refractivity contribution is 9.11. The third kappa shape index (κ3) is 7.04. The summed E-state index contributed by atoms with van der Waals surface area (Å²) < 4.78 is 7.59. The molecule has 0 bridgehead atoms. The normalized spacial score (nSPS) is 12.1. The second-order valence-electron chi connectivity index (χ2n) is 8.28. The summed E-state index contributed by atoms with van der Waals surface area (Å²) in [5.41, 5.74) is 7.19. The van der Waals surface area contributed by atoms with Gasteiger partial charge in [-0.1, -0.05) is 112 Å². The SMILES string of the molecule is Clc1c(-c2ccccc2Br)ccc2c1C=CC2.Clc1c(Br)ccc2c1C=CC2.O[B]Oc1ccccc1Br. The number of para-hydroxylation sites is 1. The van der Waals surface area contributed by atoms with Crippen molar-refractivity contribution >= 4 is 90.8 Å². The molecule has 0 spiro atoms. The highest BCUT2D eigenvalue weighted by Crippen LogP contribution is 2.38. The molecule has 1 N–H and O–H groups in total. The van der Waals surface area contributed by atoms with Crippen LogP contribution < -0.4 is 4.65 Å². The van der Waals surface area contributed by atoms with E-state index in [4.69, 9.17) is 32.9 Å². The zero-order valence-corrected chi connectivity index (χ0v) is 26.2. The summed E-state index contributed by atoms with van der Waals surface area (Å²) in [6, 6.07) is 23.8. The Kier molecular flexibility index (Phi) is 10.8. The van der Waals surface area contributed by atoms with Gasteiger partial charge in [0.2, 0.25) is 0 Å². The van der Waals surface area contributed by atoms with Gasteiger partial charge >= 0.3 is 7.69 Å². The summed E-state index contributed by atoms with van der Waals surface area (Å²) in [5, 5.41) is 9.96. The van der Waals surface area contributed by atoms with Crippen LogP contribution in [-0.2, 0) is 12.8 Å². The molecule has 0 saturated carbocycles. The topological polar surface area (TPSA) is 29.5 Å². The van der Waals surface area contributed by atoms with Gasteiger partial charge in [0.1, 0.15) is 5.75 Å². The molecule has 0 heterocycles. The molecule has 2 aliphatic carbocycles. The lowest BCUT2D eigenvalue weighted by molar-refractivity contribution is 0.452. The smallest absolute Gasteiger partial charge is 0.537 e. The molecule has 4 aromatic rings. The van der Waals surface area contributed by atoms with Crippen LogP contribution in [0.4, 0.5) is 0 Å². The van der Waals surface area contributed by atoms with Crippen molar-refractivity contribution in [1.29, 1.82) is 0 Å². The van der Waals surface area contributed by atoms with Gasteiger partial charge in [-0.3, -0.25) is 0 Å². The van der Waals surface area contributed by atoms with Crippen molar-refractivity contribution in [3.63, 3.8) is 0 Å². The molecule has 0 fully saturated rings. The van der Waals surface area contributed by atoms with E-state index in [-0.39, 0.29) is 0 Å². The number of halogens is 5. The van der Waals surface area contributed by atoms with Crippen LogP contribution in [0.25, 0.3) is 23.3 Å². The van der Waals surface area contributed by atoms with Crippen LogP contribution in [-0.4, -0.2) is 12.7 Å². The monoisotopic (exact) mass is 731 g/mol. The molecule has 1 radical (unpaired) electrons. The number of fused-ring (bicyclic) bond motifs is 2. The fourth-order valence-corrected chi connectivity index (χ4v) is 5.87. The van der Waals surface area contributed by atoms with E-state index in [1.807, 2.05) is 42.5 Å². The van der Waals surface area contributed by atoms with E-state index in [2.05, 4.69) is 96.4 Å². The molecule has 191 valence electrons. The summed E-state index contributed by atoms with van der Waals surface area (Å²) in [6.45, 7) is 0. The first-order valence-corrected chi connectivity index (χ1v) is 14.8. The van der Waals surface area contributed by atoms with Crippen molar-refractivity contribution in [2.75, 3.05) is 0 Å². The fraction of sp³-hybridized carbons (Fsp3) is 0.0667. The van der Waals surface area contributed by atoms with Gasteiger partial charge in [0.05, 0.1) is 14.5 Å². The Morgan fingerprint density at radius 2 is 1.21 bits per heavy atom. The van der Waals surface area contributed by atoms with Gasteiger partial charge in [0.15, 0.2) is 0 Å². The van der Waals surface area contributed by atoms with Gasteiger partial charge < -0.3 is 9.68 Å². The molecule has 0 aromatic heterocycles. The average molecular weight is 735 g/mol. The van der Waals surface area contributed by atoms with Crippen molar-refractivity contribution in [3.8, 4) is 16.9 Å². The zero-order chi connectivity index (χ0) is 27.1. The molecule has 8 heteroatoms. The van der Waals surface area contributed by atoms with Crippen molar-refractivity contribution < 1.29 is 9.68 Å². The molecular weight excluding hydrogens is 714 g/mol. The standard InChI is InChI=1S/C15H10BrCl.C9H6BrCl.C6H5BBrO2/c16-14-7-2-1-5-12(14)13-9-8-10-4-3-6-11(10)15(13)17;10-8-5-4-6-2-1-3-7(6)9(8)11;8-5-3-1-2-4-6(5)10-7-9/h1-3,5-9H,4H2;1,3-5H,2H2;1-4,9H. The third-order valence-electron chi connectivity index (χ3n) is 5.92. The van der Waals surface area contributed by atoms with Gasteiger partial charge in [-0.2, -0.15) is 0 Å². The molecule has 6 rings (SSSR count). The Morgan fingerprint density at radius 1 is 0.632 bits per heavy atom. The Bertz CT molecular complexity index is 1510. The second kappa shape index (κ2) is 14.0. The molecule has 0 atom stereocenters. The quantitative estimate of drug-likeness (QED) is 0.213. The van der Waals surface area contributed by atoms with E-state index in [0.29, 0.717) is 13.4 Å². The highest BCUT2D eigenvalue weighted by Gasteiger charge is 2.15. The summed E-state index contributed by atoms with van der Waals surface area (Å²) >= 11 is 22.7. The van der Waals surface area contributed by atoms with E-state index < -0.39 is 0 Å². The van der Waals surface area contributed by atoms with Crippen LogP contribution in [0.5, 0.6) is 5.75 Å². The number of allylic oxidation sites excluding steroid dienone is 2. The number of hydrogen-bond acceptors (Lipinski definition) is 2. The Morgan fingerprint density at radius 3 is 1.84 bits per heavy atom. The van der Waals surface area contributed by atoms with Crippen molar-refractivity contribution in [2.24, 2.45) is 0 Å². The lowest BCUT2D eigenvalue weighted by atomic mass is 10.0. The summed E-state index contributed by atoms with van der Waals surface area (Å²) in [6.07, 6.45) is 10.5. The Balaban J connectivity index is 0.000000140.